The van der Waals surface area contributed by atoms with Crippen LogP contribution in [0.15, 0.2) is 72.8 Å². The quantitative estimate of drug-likeness (QED) is 0.556. The van der Waals surface area contributed by atoms with Crippen LogP contribution in [0.4, 0.5) is 0 Å². The standard InChI is InChI=1S/C22H22ClNO2/c1-24-16-19-15-20(23)9-12-22(19)26-14-13-25-21-10-7-18(8-11-21)17-5-3-2-4-6-17/h2-12,15,24H,13-14,16H2,1H3. The zero-order valence-electron chi connectivity index (χ0n) is 14.7. The van der Waals surface area contributed by atoms with E-state index in [4.69, 9.17) is 21.1 Å². The second-order valence-electron chi connectivity index (χ2n) is 5.87. The summed E-state index contributed by atoms with van der Waals surface area (Å²) in [5, 5.41) is 3.82. The van der Waals surface area contributed by atoms with Gasteiger partial charge in [0.05, 0.1) is 0 Å². The monoisotopic (exact) mass is 367 g/mol. The van der Waals surface area contributed by atoms with Gasteiger partial charge in [0.15, 0.2) is 0 Å². The van der Waals surface area contributed by atoms with E-state index in [0.29, 0.717) is 24.8 Å². The normalized spacial score (nSPS) is 10.5. The van der Waals surface area contributed by atoms with E-state index in [0.717, 1.165) is 17.1 Å². The highest BCUT2D eigenvalue weighted by Crippen LogP contribution is 2.24. The summed E-state index contributed by atoms with van der Waals surface area (Å²) in [5.41, 5.74) is 3.40. The molecule has 0 radical (unpaired) electrons. The van der Waals surface area contributed by atoms with Crippen LogP contribution in [0.3, 0.4) is 0 Å². The van der Waals surface area contributed by atoms with Crippen molar-refractivity contribution in [1.82, 2.24) is 5.32 Å². The van der Waals surface area contributed by atoms with E-state index in [2.05, 4.69) is 29.6 Å². The van der Waals surface area contributed by atoms with Crippen LogP contribution in [0.1, 0.15) is 5.56 Å². The Bertz CT molecular complexity index is 819. The largest absolute Gasteiger partial charge is 0.490 e. The number of ether oxygens (including phenoxy) is 2. The molecule has 0 heterocycles. The van der Waals surface area contributed by atoms with Gasteiger partial charge >= 0.3 is 0 Å². The molecule has 3 aromatic carbocycles. The minimum absolute atomic E-state index is 0.471. The summed E-state index contributed by atoms with van der Waals surface area (Å²) in [6, 6.07) is 24.0. The summed E-state index contributed by atoms with van der Waals surface area (Å²) in [7, 11) is 1.90. The van der Waals surface area contributed by atoms with E-state index < -0.39 is 0 Å². The summed E-state index contributed by atoms with van der Waals surface area (Å²) in [5.74, 6) is 1.66. The molecule has 0 saturated heterocycles. The summed E-state index contributed by atoms with van der Waals surface area (Å²) in [6.07, 6.45) is 0. The minimum atomic E-state index is 0.471. The van der Waals surface area contributed by atoms with Crippen molar-refractivity contribution in [3.63, 3.8) is 0 Å². The smallest absolute Gasteiger partial charge is 0.124 e. The number of hydrogen-bond acceptors (Lipinski definition) is 3. The number of benzene rings is 3. The SMILES string of the molecule is CNCc1cc(Cl)ccc1OCCOc1ccc(-c2ccccc2)cc1. The molecule has 4 heteroatoms. The highest BCUT2D eigenvalue weighted by atomic mass is 35.5. The van der Waals surface area contributed by atoms with Gasteiger partial charge in [-0.1, -0.05) is 54.1 Å². The Kier molecular flexibility index (Phi) is 6.53. The van der Waals surface area contributed by atoms with Gasteiger partial charge in [0.1, 0.15) is 24.7 Å². The lowest BCUT2D eigenvalue weighted by Crippen LogP contribution is -2.12. The molecule has 0 fully saturated rings. The van der Waals surface area contributed by atoms with Gasteiger partial charge in [-0.25, -0.2) is 0 Å². The molecule has 3 rings (SSSR count). The Hall–Kier alpha value is -2.49. The molecule has 134 valence electrons. The molecule has 0 aliphatic carbocycles. The molecule has 0 aliphatic heterocycles. The maximum absolute atomic E-state index is 6.04. The van der Waals surface area contributed by atoms with E-state index >= 15 is 0 Å². The molecular weight excluding hydrogens is 346 g/mol. The van der Waals surface area contributed by atoms with Crippen LogP contribution in [-0.2, 0) is 6.54 Å². The summed E-state index contributed by atoms with van der Waals surface area (Å²) < 4.78 is 11.6. The molecule has 0 aliphatic rings. The lowest BCUT2D eigenvalue weighted by Gasteiger charge is -2.12. The first-order chi connectivity index (χ1) is 12.8. The van der Waals surface area contributed by atoms with Crippen LogP contribution in [0.25, 0.3) is 11.1 Å². The molecule has 3 nitrogen and oxygen atoms in total. The first-order valence-corrected chi connectivity index (χ1v) is 8.98. The van der Waals surface area contributed by atoms with E-state index in [-0.39, 0.29) is 0 Å². The third-order valence-electron chi connectivity index (χ3n) is 3.96. The molecule has 0 aromatic heterocycles. The minimum Gasteiger partial charge on any atom is -0.490 e. The Balaban J connectivity index is 1.51. The first-order valence-electron chi connectivity index (χ1n) is 8.60. The highest BCUT2D eigenvalue weighted by Gasteiger charge is 2.04. The number of halogens is 1. The Morgan fingerprint density at radius 1 is 0.808 bits per heavy atom. The van der Waals surface area contributed by atoms with Crippen LogP contribution in [0.2, 0.25) is 5.02 Å². The number of hydrogen-bond donors (Lipinski definition) is 1. The lowest BCUT2D eigenvalue weighted by atomic mass is 10.1. The summed E-state index contributed by atoms with van der Waals surface area (Å²) >= 11 is 6.04. The fourth-order valence-electron chi connectivity index (χ4n) is 2.70. The van der Waals surface area contributed by atoms with E-state index in [1.807, 2.05) is 55.6 Å². The molecule has 0 saturated carbocycles. The van der Waals surface area contributed by atoms with Gasteiger partial charge in [0.2, 0.25) is 0 Å². The maximum atomic E-state index is 6.04. The van der Waals surface area contributed by atoms with Gasteiger partial charge in [-0.2, -0.15) is 0 Å². The molecule has 0 amide bonds. The van der Waals surface area contributed by atoms with Crippen LogP contribution in [0, 0.1) is 0 Å². The van der Waals surface area contributed by atoms with Crippen molar-refractivity contribution < 1.29 is 9.47 Å². The van der Waals surface area contributed by atoms with Gasteiger partial charge in [-0.05, 0) is 48.5 Å². The van der Waals surface area contributed by atoms with Crippen molar-refractivity contribution in [3.05, 3.63) is 83.4 Å². The third-order valence-corrected chi connectivity index (χ3v) is 4.20. The molecule has 0 bridgehead atoms. The van der Waals surface area contributed by atoms with Crippen LogP contribution in [-0.4, -0.2) is 20.3 Å². The Morgan fingerprint density at radius 2 is 1.50 bits per heavy atom. The average molecular weight is 368 g/mol. The van der Waals surface area contributed by atoms with Gasteiger partial charge in [-0.15, -0.1) is 0 Å². The van der Waals surface area contributed by atoms with E-state index in [9.17, 15) is 0 Å². The molecule has 0 atom stereocenters. The second kappa shape index (κ2) is 9.27. The van der Waals surface area contributed by atoms with Gasteiger partial charge in [-0.3, -0.25) is 0 Å². The van der Waals surface area contributed by atoms with Gasteiger partial charge in [0, 0.05) is 17.1 Å². The van der Waals surface area contributed by atoms with Crippen molar-refractivity contribution >= 4 is 11.6 Å². The zero-order chi connectivity index (χ0) is 18.2. The first kappa shape index (κ1) is 18.3. The van der Waals surface area contributed by atoms with Gasteiger partial charge in [0.25, 0.3) is 0 Å². The van der Waals surface area contributed by atoms with Crippen molar-refractivity contribution in [2.45, 2.75) is 6.54 Å². The predicted molar refractivity (Wildman–Crippen MR) is 107 cm³/mol. The van der Waals surface area contributed by atoms with Crippen molar-refractivity contribution in [3.8, 4) is 22.6 Å². The summed E-state index contributed by atoms with van der Waals surface area (Å²) in [4.78, 5) is 0. The Morgan fingerprint density at radius 3 is 2.23 bits per heavy atom. The molecule has 0 spiro atoms. The van der Waals surface area contributed by atoms with Gasteiger partial charge < -0.3 is 14.8 Å². The predicted octanol–water partition coefficient (Wildman–Crippen LogP) is 5.18. The topological polar surface area (TPSA) is 30.5 Å². The van der Waals surface area contributed by atoms with Crippen LogP contribution in [0.5, 0.6) is 11.5 Å². The molecular formula is C22H22ClNO2. The van der Waals surface area contributed by atoms with Crippen molar-refractivity contribution in [2.24, 2.45) is 0 Å². The highest BCUT2D eigenvalue weighted by molar-refractivity contribution is 6.30. The molecule has 1 N–H and O–H groups in total. The molecule has 26 heavy (non-hydrogen) atoms. The summed E-state index contributed by atoms with van der Waals surface area (Å²) in [6.45, 7) is 1.66. The van der Waals surface area contributed by atoms with Crippen LogP contribution < -0.4 is 14.8 Å². The fraction of sp³-hybridized carbons (Fsp3) is 0.182. The molecule has 3 aromatic rings. The third kappa shape index (κ3) is 5.01. The average Bonchev–Trinajstić information content (AvgIpc) is 2.68. The maximum Gasteiger partial charge on any atom is 0.124 e. The van der Waals surface area contributed by atoms with E-state index in [1.54, 1.807) is 0 Å². The van der Waals surface area contributed by atoms with Crippen molar-refractivity contribution in [2.75, 3.05) is 20.3 Å². The lowest BCUT2D eigenvalue weighted by molar-refractivity contribution is 0.216. The second-order valence-corrected chi connectivity index (χ2v) is 6.31. The van der Waals surface area contributed by atoms with E-state index in [1.165, 1.54) is 11.1 Å². The van der Waals surface area contributed by atoms with Crippen molar-refractivity contribution in [1.29, 1.82) is 0 Å². The number of nitrogens with one attached hydrogen (secondary N) is 1. The van der Waals surface area contributed by atoms with Crippen LogP contribution >= 0.6 is 11.6 Å². The molecule has 0 unspecified atom stereocenters. The fourth-order valence-corrected chi connectivity index (χ4v) is 2.90. The Labute approximate surface area is 159 Å². The number of rotatable bonds is 8. The zero-order valence-corrected chi connectivity index (χ0v) is 15.5.